The average molecular weight is 613 g/mol. The monoisotopic (exact) mass is 612 g/mol. The van der Waals surface area contributed by atoms with E-state index in [4.69, 9.17) is 13.9 Å². The summed E-state index contributed by atoms with van der Waals surface area (Å²) in [4.78, 5) is 17.0. The summed E-state index contributed by atoms with van der Waals surface area (Å²) in [5, 5.41) is 2.52. The largest absolute Gasteiger partial charge is 0.490 e. The number of pyridine rings is 1. The van der Waals surface area contributed by atoms with Crippen molar-refractivity contribution in [3.05, 3.63) is 102 Å². The van der Waals surface area contributed by atoms with E-state index in [1.807, 2.05) is 6.92 Å². The van der Waals surface area contributed by atoms with Crippen molar-refractivity contribution in [1.82, 2.24) is 15.3 Å². The summed E-state index contributed by atoms with van der Waals surface area (Å²) < 4.78 is 64.6. The average Bonchev–Trinajstić information content (AvgIpc) is 3.64. The molecule has 11 heteroatoms. The number of hydrogen-bond donors (Lipinski definition) is 2. The fourth-order valence-electron chi connectivity index (χ4n) is 4.70. The number of nitrogens with two attached hydrogens (primary N) is 1. The number of aryl methyl sites for hydroxylation is 1. The summed E-state index contributed by atoms with van der Waals surface area (Å²) in [6.45, 7) is 11.8. The fraction of sp³-hybridized carbons (Fsp3) is 0.303. The molecule has 44 heavy (non-hydrogen) atoms. The second-order valence-corrected chi connectivity index (χ2v) is 10.5. The van der Waals surface area contributed by atoms with Crippen LogP contribution in [-0.2, 0) is 4.79 Å². The van der Waals surface area contributed by atoms with E-state index >= 15 is 0 Å². The van der Waals surface area contributed by atoms with E-state index in [0.717, 1.165) is 5.69 Å². The minimum atomic E-state index is -4.47. The molecule has 2 atom stereocenters. The quantitative estimate of drug-likeness (QED) is 0.164. The summed E-state index contributed by atoms with van der Waals surface area (Å²) in [7, 11) is 0. The van der Waals surface area contributed by atoms with E-state index < -0.39 is 17.9 Å². The molecule has 2 aromatic heterocycles. The molecular weight excluding hydrogens is 576 g/mol. The van der Waals surface area contributed by atoms with Crippen LogP contribution >= 0.6 is 0 Å². The smallest absolute Gasteiger partial charge is 0.398 e. The van der Waals surface area contributed by atoms with Crippen LogP contribution < -0.4 is 15.8 Å². The molecule has 4 aromatic rings. The first-order valence-electron chi connectivity index (χ1n) is 13.9. The van der Waals surface area contributed by atoms with Crippen molar-refractivity contribution in [2.75, 3.05) is 13.2 Å². The molecule has 5 rings (SSSR count). The maximum atomic E-state index is 13.6. The summed E-state index contributed by atoms with van der Waals surface area (Å²) in [6.07, 6.45) is 0.161. The van der Waals surface area contributed by atoms with Crippen LogP contribution in [-0.4, -0.2) is 35.7 Å². The number of rotatable bonds is 7. The van der Waals surface area contributed by atoms with Crippen molar-refractivity contribution in [2.45, 2.75) is 51.6 Å². The van der Waals surface area contributed by atoms with E-state index in [0.29, 0.717) is 35.1 Å². The lowest BCUT2D eigenvalue weighted by atomic mass is 9.94. The normalized spacial score (nSPS) is 14.2. The highest BCUT2D eigenvalue weighted by atomic mass is 19.4. The fourth-order valence-corrected chi connectivity index (χ4v) is 4.70. The maximum Gasteiger partial charge on any atom is 0.398 e. The zero-order chi connectivity index (χ0) is 32.4. The van der Waals surface area contributed by atoms with Crippen molar-refractivity contribution in [3.63, 3.8) is 0 Å². The molecule has 1 aliphatic rings. The third kappa shape index (κ3) is 8.46. The molecule has 3 N–H and O–H groups in total. The number of nitrogens with zero attached hydrogens (tertiary/aromatic N) is 2. The number of aromatic nitrogens is 2. The SMILES string of the molecule is C=CNCC(c1cc2c(c(-c3ccc(F)cc3)n1)OCC2C)C(F)(F)F.Cc1ccc(-c2cocn2)c(C(C)C)c1.NC=O. The molecule has 3 heterocycles. The van der Waals surface area contributed by atoms with Gasteiger partial charge in [0.15, 0.2) is 6.39 Å². The van der Waals surface area contributed by atoms with Crippen molar-refractivity contribution < 1.29 is 31.5 Å². The molecular formula is C33H36F4N4O3. The van der Waals surface area contributed by atoms with E-state index in [2.05, 4.69) is 66.6 Å². The van der Waals surface area contributed by atoms with Crippen LogP contribution in [0.4, 0.5) is 17.6 Å². The highest BCUT2D eigenvalue weighted by molar-refractivity contribution is 5.70. The first-order valence-corrected chi connectivity index (χ1v) is 13.9. The third-order valence-electron chi connectivity index (χ3n) is 6.90. The van der Waals surface area contributed by atoms with Gasteiger partial charge in [-0.05, 0) is 54.9 Å². The third-order valence-corrected chi connectivity index (χ3v) is 6.90. The first kappa shape index (κ1) is 33.8. The molecule has 0 radical (unpaired) electrons. The van der Waals surface area contributed by atoms with E-state index in [1.165, 1.54) is 59.6 Å². The lowest BCUT2D eigenvalue weighted by molar-refractivity contribution is -0.149. The number of amides is 1. The minimum Gasteiger partial charge on any atom is -0.490 e. The van der Waals surface area contributed by atoms with Crippen molar-refractivity contribution >= 4 is 6.41 Å². The Kier molecular flexibility index (Phi) is 11.7. The number of hydrogen-bond acceptors (Lipinski definition) is 6. The Bertz CT molecular complexity index is 1520. The Balaban J connectivity index is 0.000000248. The lowest BCUT2D eigenvalue weighted by Crippen LogP contribution is -2.30. The number of oxazole rings is 1. The van der Waals surface area contributed by atoms with Crippen LogP contribution in [0.2, 0.25) is 0 Å². The Morgan fingerprint density at radius 2 is 1.84 bits per heavy atom. The molecule has 0 aliphatic carbocycles. The van der Waals surface area contributed by atoms with Gasteiger partial charge in [0.2, 0.25) is 6.41 Å². The molecule has 1 aliphatic heterocycles. The molecule has 0 saturated carbocycles. The topological polar surface area (TPSA) is 103 Å². The van der Waals surface area contributed by atoms with Gasteiger partial charge in [0, 0.05) is 29.2 Å². The van der Waals surface area contributed by atoms with Gasteiger partial charge < -0.3 is 20.2 Å². The molecule has 0 bridgehead atoms. The molecule has 1 amide bonds. The van der Waals surface area contributed by atoms with Crippen LogP contribution in [0, 0.1) is 12.7 Å². The van der Waals surface area contributed by atoms with Crippen LogP contribution in [0.1, 0.15) is 60.9 Å². The Morgan fingerprint density at radius 1 is 1.16 bits per heavy atom. The number of fused-ring (bicyclic) bond motifs is 1. The Hall–Kier alpha value is -4.67. The van der Waals surface area contributed by atoms with Crippen LogP contribution in [0.15, 0.2) is 78.4 Å². The van der Waals surface area contributed by atoms with Gasteiger partial charge in [-0.25, -0.2) is 14.4 Å². The van der Waals surface area contributed by atoms with Gasteiger partial charge in [-0.15, -0.1) is 0 Å². The molecule has 0 fully saturated rings. The molecule has 0 saturated heterocycles. The molecule has 7 nitrogen and oxygen atoms in total. The first-order chi connectivity index (χ1) is 20.9. The van der Waals surface area contributed by atoms with Gasteiger partial charge in [0.1, 0.15) is 35.1 Å². The van der Waals surface area contributed by atoms with Crippen molar-refractivity contribution in [2.24, 2.45) is 5.73 Å². The van der Waals surface area contributed by atoms with Gasteiger partial charge in [-0.1, -0.05) is 51.1 Å². The summed E-state index contributed by atoms with van der Waals surface area (Å²) in [6, 6.07) is 13.4. The van der Waals surface area contributed by atoms with Gasteiger partial charge in [-0.3, -0.25) is 4.79 Å². The van der Waals surface area contributed by atoms with Crippen molar-refractivity contribution in [1.29, 1.82) is 0 Å². The van der Waals surface area contributed by atoms with Gasteiger partial charge in [-0.2, -0.15) is 13.2 Å². The second kappa shape index (κ2) is 15.2. The number of halogens is 4. The van der Waals surface area contributed by atoms with Gasteiger partial charge in [0.25, 0.3) is 0 Å². The zero-order valence-electron chi connectivity index (χ0n) is 25.0. The number of carbonyl (C=O) groups is 1. The molecule has 234 valence electrons. The van der Waals surface area contributed by atoms with Crippen LogP contribution in [0.25, 0.3) is 22.5 Å². The number of nitrogens with one attached hydrogen (secondary N) is 1. The Labute approximate surface area is 254 Å². The molecule has 2 unspecified atom stereocenters. The standard InChI is InChI=1S/C19H18F4N2O.C13H15NO.CH3NO/c1-3-24-9-15(19(21,22)23)16-8-14-11(2)10-26-18(14)17(25-16)12-4-6-13(20)7-5-12;1-9(2)12-6-10(3)4-5-11(12)13-7-15-8-14-13;2-1-3/h3-8,11,15,24H,1,9-10H2,2H3;4-9H,1-3H3;1H,(H2,2,3). The predicted molar refractivity (Wildman–Crippen MR) is 162 cm³/mol. The van der Waals surface area contributed by atoms with Gasteiger partial charge in [0.05, 0.1) is 12.3 Å². The van der Waals surface area contributed by atoms with Crippen LogP contribution in [0.5, 0.6) is 5.75 Å². The van der Waals surface area contributed by atoms with E-state index in [9.17, 15) is 17.6 Å². The predicted octanol–water partition coefficient (Wildman–Crippen LogP) is 7.64. The Morgan fingerprint density at radius 3 is 2.41 bits per heavy atom. The second-order valence-electron chi connectivity index (χ2n) is 10.5. The number of ether oxygens (including phenoxy) is 1. The highest BCUT2D eigenvalue weighted by Gasteiger charge is 2.42. The van der Waals surface area contributed by atoms with Crippen LogP contribution in [0.3, 0.4) is 0 Å². The molecule has 0 spiro atoms. The summed E-state index contributed by atoms with van der Waals surface area (Å²) in [5.74, 6) is -1.31. The number of benzene rings is 2. The van der Waals surface area contributed by atoms with Gasteiger partial charge >= 0.3 is 6.18 Å². The number of carbonyl (C=O) groups excluding carboxylic acids is 1. The van der Waals surface area contributed by atoms with E-state index in [1.54, 1.807) is 6.26 Å². The minimum absolute atomic E-state index is 0.0489. The maximum absolute atomic E-state index is 13.6. The molecule has 2 aromatic carbocycles. The van der Waals surface area contributed by atoms with Crippen molar-refractivity contribution in [3.8, 4) is 28.3 Å². The summed E-state index contributed by atoms with van der Waals surface area (Å²) >= 11 is 0. The lowest BCUT2D eigenvalue weighted by Gasteiger charge is -2.21. The summed E-state index contributed by atoms with van der Waals surface area (Å²) in [5.41, 5.74) is 10.3. The van der Waals surface area contributed by atoms with E-state index in [-0.39, 0.29) is 24.6 Å². The zero-order valence-corrected chi connectivity index (χ0v) is 25.0. The highest BCUT2D eigenvalue weighted by Crippen LogP contribution is 2.44. The number of alkyl halides is 3. The number of primary amides is 1.